The Morgan fingerprint density at radius 2 is 2.22 bits per heavy atom. The Morgan fingerprint density at radius 1 is 1.56 bits per heavy atom. The molecular formula is C13H20ClN3O. The zero-order valence-corrected chi connectivity index (χ0v) is 12.1. The van der Waals surface area contributed by atoms with Crippen LogP contribution in [0.2, 0.25) is 5.15 Å². The third-order valence-corrected chi connectivity index (χ3v) is 3.12. The van der Waals surface area contributed by atoms with E-state index >= 15 is 0 Å². The summed E-state index contributed by atoms with van der Waals surface area (Å²) >= 11 is 5.89. The molecule has 4 nitrogen and oxygen atoms in total. The number of hydrogen-bond donors (Lipinski definition) is 1. The van der Waals surface area contributed by atoms with Crippen molar-refractivity contribution in [2.75, 3.05) is 26.0 Å². The number of aromatic nitrogens is 1. The second-order valence-corrected chi connectivity index (χ2v) is 4.90. The van der Waals surface area contributed by atoms with Crippen molar-refractivity contribution in [2.45, 2.75) is 20.3 Å². The molecule has 1 aromatic rings. The lowest BCUT2D eigenvalue weighted by Crippen LogP contribution is -2.31. The van der Waals surface area contributed by atoms with E-state index in [4.69, 9.17) is 11.6 Å². The number of hydrogen-bond acceptors (Lipinski definition) is 3. The molecule has 0 bridgehead atoms. The van der Waals surface area contributed by atoms with Crippen molar-refractivity contribution in [3.05, 3.63) is 22.8 Å². The SMILES string of the molecule is CCC(C)CN(C)C(=O)c1cc(Cl)nc(NC)c1. The minimum absolute atomic E-state index is 0.0314. The Kier molecular flexibility index (Phi) is 5.41. The number of rotatable bonds is 5. The van der Waals surface area contributed by atoms with Gasteiger partial charge in [0.05, 0.1) is 0 Å². The van der Waals surface area contributed by atoms with Gasteiger partial charge in [0.15, 0.2) is 0 Å². The number of pyridine rings is 1. The highest BCUT2D eigenvalue weighted by Crippen LogP contribution is 2.16. The van der Waals surface area contributed by atoms with Gasteiger partial charge in [0, 0.05) is 26.2 Å². The van der Waals surface area contributed by atoms with Crippen LogP contribution in [0.1, 0.15) is 30.6 Å². The minimum atomic E-state index is -0.0314. The van der Waals surface area contributed by atoms with Crippen LogP contribution in [0.15, 0.2) is 12.1 Å². The molecule has 1 heterocycles. The van der Waals surface area contributed by atoms with Gasteiger partial charge in [-0.1, -0.05) is 31.9 Å². The molecule has 1 N–H and O–H groups in total. The summed E-state index contributed by atoms with van der Waals surface area (Å²) in [6.45, 7) is 4.98. The van der Waals surface area contributed by atoms with Gasteiger partial charge in [0.2, 0.25) is 0 Å². The van der Waals surface area contributed by atoms with Crippen LogP contribution in [0.25, 0.3) is 0 Å². The number of carbonyl (C=O) groups excluding carboxylic acids is 1. The van der Waals surface area contributed by atoms with Crippen molar-refractivity contribution in [1.29, 1.82) is 0 Å². The Morgan fingerprint density at radius 3 is 2.78 bits per heavy atom. The Labute approximate surface area is 113 Å². The standard InChI is InChI=1S/C13H20ClN3O/c1-5-9(2)8-17(4)13(18)10-6-11(14)16-12(7-10)15-3/h6-7,9H,5,8H2,1-4H3,(H,15,16). The van der Waals surface area contributed by atoms with Crippen LogP contribution in [0.3, 0.4) is 0 Å². The predicted octanol–water partition coefficient (Wildman–Crippen LogP) is 2.89. The number of amides is 1. The minimum Gasteiger partial charge on any atom is -0.373 e. The van der Waals surface area contributed by atoms with Crippen molar-refractivity contribution < 1.29 is 4.79 Å². The molecule has 0 fully saturated rings. The van der Waals surface area contributed by atoms with Gasteiger partial charge in [-0.2, -0.15) is 0 Å². The maximum atomic E-state index is 12.2. The number of anilines is 1. The maximum absolute atomic E-state index is 12.2. The first-order valence-electron chi connectivity index (χ1n) is 6.08. The molecule has 100 valence electrons. The number of nitrogens with zero attached hydrogens (tertiary/aromatic N) is 2. The molecule has 1 unspecified atom stereocenters. The van der Waals surface area contributed by atoms with E-state index in [1.165, 1.54) is 0 Å². The fourth-order valence-corrected chi connectivity index (χ4v) is 1.86. The summed E-state index contributed by atoms with van der Waals surface area (Å²) in [6, 6.07) is 3.30. The smallest absolute Gasteiger partial charge is 0.253 e. The average Bonchev–Trinajstić information content (AvgIpc) is 2.36. The van der Waals surface area contributed by atoms with E-state index in [-0.39, 0.29) is 5.91 Å². The topological polar surface area (TPSA) is 45.2 Å². The normalized spacial score (nSPS) is 12.1. The largest absolute Gasteiger partial charge is 0.373 e. The zero-order valence-electron chi connectivity index (χ0n) is 11.3. The lowest BCUT2D eigenvalue weighted by atomic mass is 10.1. The van der Waals surface area contributed by atoms with Crippen LogP contribution in [0.5, 0.6) is 0 Å². The van der Waals surface area contributed by atoms with E-state index in [2.05, 4.69) is 24.1 Å². The van der Waals surface area contributed by atoms with Crippen molar-refractivity contribution in [1.82, 2.24) is 9.88 Å². The second-order valence-electron chi connectivity index (χ2n) is 4.51. The molecule has 18 heavy (non-hydrogen) atoms. The molecule has 0 saturated heterocycles. The van der Waals surface area contributed by atoms with Crippen LogP contribution >= 0.6 is 11.6 Å². The summed E-state index contributed by atoms with van der Waals surface area (Å²) in [4.78, 5) is 18.0. The Bertz CT molecular complexity index is 423. The fraction of sp³-hybridized carbons (Fsp3) is 0.538. The van der Waals surface area contributed by atoms with Gasteiger partial charge in [-0.25, -0.2) is 4.98 Å². The number of nitrogens with one attached hydrogen (secondary N) is 1. The average molecular weight is 270 g/mol. The molecule has 0 radical (unpaired) electrons. The molecule has 1 amide bonds. The van der Waals surface area contributed by atoms with Gasteiger partial charge in [-0.3, -0.25) is 4.79 Å². The monoisotopic (exact) mass is 269 g/mol. The van der Waals surface area contributed by atoms with E-state index in [9.17, 15) is 4.79 Å². The van der Waals surface area contributed by atoms with Gasteiger partial charge in [0.1, 0.15) is 11.0 Å². The summed E-state index contributed by atoms with van der Waals surface area (Å²) in [5.74, 6) is 1.05. The molecular weight excluding hydrogens is 250 g/mol. The number of carbonyl (C=O) groups is 1. The van der Waals surface area contributed by atoms with Gasteiger partial charge in [-0.15, -0.1) is 0 Å². The molecule has 0 saturated carbocycles. The van der Waals surface area contributed by atoms with E-state index in [1.807, 2.05) is 7.05 Å². The molecule has 0 spiro atoms. The molecule has 0 aliphatic rings. The first kappa shape index (κ1) is 14.8. The third-order valence-electron chi connectivity index (χ3n) is 2.93. The van der Waals surface area contributed by atoms with Gasteiger partial charge in [0.25, 0.3) is 5.91 Å². The van der Waals surface area contributed by atoms with Crippen LogP contribution in [0, 0.1) is 5.92 Å². The van der Waals surface area contributed by atoms with Crippen LogP contribution in [-0.2, 0) is 0 Å². The second kappa shape index (κ2) is 6.59. The van der Waals surface area contributed by atoms with Crippen LogP contribution < -0.4 is 5.32 Å². The summed E-state index contributed by atoms with van der Waals surface area (Å²) in [5, 5.41) is 3.21. The summed E-state index contributed by atoms with van der Waals surface area (Å²) in [5.41, 5.74) is 0.560. The number of halogens is 1. The molecule has 1 rings (SSSR count). The highest BCUT2D eigenvalue weighted by Gasteiger charge is 2.15. The summed E-state index contributed by atoms with van der Waals surface area (Å²) < 4.78 is 0. The molecule has 5 heteroatoms. The molecule has 0 aliphatic heterocycles. The van der Waals surface area contributed by atoms with E-state index in [0.29, 0.717) is 22.5 Å². The zero-order chi connectivity index (χ0) is 13.7. The summed E-state index contributed by atoms with van der Waals surface area (Å²) in [7, 11) is 3.55. The first-order chi connectivity index (χ1) is 8.47. The van der Waals surface area contributed by atoms with E-state index in [0.717, 1.165) is 13.0 Å². The van der Waals surface area contributed by atoms with Crippen molar-refractivity contribution in [3.8, 4) is 0 Å². The quantitative estimate of drug-likeness (QED) is 0.836. The van der Waals surface area contributed by atoms with Crippen LogP contribution in [-0.4, -0.2) is 36.4 Å². The molecule has 1 atom stereocenters. The van der Waals surface area contributed by atoms with Crippen LogP contribution in [0.4, 0.5) is 5.82 Å². The van der Waals surface area contributed by atoms with Gasteiger partial charge in [-0.05, 0) is 18.1 Å². The highest BCUT2D eigenvalue weighted by molar-refractivity contribution is 6.29. The Hall–Kier alpha value is -1.29. The Balaban J connectivity index is 2.86. The van der Waals surface area contributed by atoms with E-state index in [1.54, 1.807) is 24.1 Å². The van der Waals surface area contributed by atoms with E-state index < -0.39 is 0 Å². The lowest BCUT2D eigenvalue weighted by molar-refractivity contribution is 0.0775. The summed E-state index contributed by atoms with van der Waals surface area (Å²) in [6.07, 6.45) is 1.05. The maximum Gasteiger partial charge on any atom is 0.253 e. The highest BCUT2D eigenvalue weighted by atomic mass is 35.5. The lowest BCUT2D eigenvalue weighted by Gasteiger charge is -2.21. The molecule has 0 aromatic carbocycles. The predicted molar refractivity (Wildman–Crippen MR) is 75.2 cm³/mol. The third kappa shape index (κ3) is 3.88. The van der Waals surface area contributed by atoms with Gasteiger partial charge < -0.3 is 10.2 Å². The van der Waals surface area contributed by atoms with Gasteiger partial charge >= 0.3 is 0 Å². The van der Waals surface area contributed by atoms with Crippen molar-refractivity contribution in [2.24, 2.45) is 5.92 Å². The first-order valence-corrected chi connectivity index (χ1v) is 6.46. The van der Waals surface area contributed by atoms with Crippen molar-refractivity contribution >= 4 is 23.3 Å². The molecule has 1 aromatic heterocycles. The molecule has 0 aliphatic carbocycles. The fourth-order valence-electron chi connectivity index (χ4n) is 1.65. The van der Waals surface area contributed by atoms with Crippen molar-refractivity contribution in [3.63, 3.8) is 0 Å².